The Labute approximate surface area is 193 Å². The molecule has 0 fully saturated rings. The molecule has 0 unspecified atom stereocenters. The number of nitrogens with one attached hydrogen (secondary N) is 1. The first kappa shape index (κ1) is 21.8. The Balaban J connectivity index is 1.40. The van der Waals surface area contributed by atoms with Crippen LogP contribution in [0.15, 0.2) is 53.2 Å². The molecule has 0 saturated heterocycles. The van der Waals surface area contributed by atoms with Crippen molar-refractivity contribution < 1.29 is 19.0 Å². The number of amides is 1. The Morgan fingerprint density at radius 1 is 0.875 bits per heavy atom. The summed E-state index contributed by atoms with van der Waals surface area (Å²) in [6.07, 6.45) is 0.178. The highest BCUT2D eigenvalue weighted by Crippen LogP contribution is 2.33. The van der Waals surface area contributed by atoms with E-state index in [-0.39, 0.29) is 12.3 Å². The van der Waals surface area contributed by atoms with Gasteiger partial charge >= 0.3 is 0 Å². The molecule has 2 heterocycles. The average molecular weight is 468 g/mol. The molecule has 7 nitrogen and oxygen atoms in total. The van der Waals surface area contributed by atoms with Crippen LogP contribution in [0.25, 0.3) is 21.8 Å². The van der Waals surface area contributed by atoms with Crippen molar-refractivity contribution in [1.82, 2.24) is 9.97 Å². The smallest absolute Gasteiger partial charge is 0.232 e. The molecule has 1 N–H and O–H groups in total. The van der Waals surface area contributed by atoms with Crippen molar-refractivity contribution in [2.45, 2.75) is 6.42 Å². The van der Waals surface area contributed by atoms with Crippen LogP contribution in [0, 0.1) is 0 Å². The molecule has 4 rings (SSSR count). The number of anilines is 1. The zero-order chi connectivity index (χ0) is 22.5. The molecule has 0 aliphatic heterocycles. The summed E-state index contributed by atoms with van der Waals surface area (Å²) in [5.74, 6) is 1.91. The molecule has 0 aliphatic rings. The van der Waals surface area contributed by atoms with Crippen LogP contribution in [0.4, 0.5) is 5.13 Å². The molecule has 32 heavy (non-hydrogen) atoms. The van der Waals surface area contributed by atoms with E-state index in [1.54, 1.807) is 21.3 Å². The lowest BCUT2D eigenvalue weighted by molar-refractivity contribution is -0.115. The van der Waals surface area contributed by atoms with Gasteiger partial charge in [0.05, 0.1) is 39.1 Å². The van der Waals surface area contributed by atoms with Crippen LogP contribution in [0.1, 0.15) is 5.69 Å². The van der Waals surface area contributed by atoms with Gasteiger partial charge in [0.25, 0.3) is 0 Å². The summed E-state index contributed by atoms with van der Waals surface area (Å²) in [5, 5.41) is 8.04. The van der Waals surface area contributed by atoms with Crippen LogP contribution in [0.2, 0.25) is 0 Å². The molecule has 164 valence electrons. The largest absolute Gasteiger partial charge is 0.497 e. The highest BCUT2D eigenvalue weighted by atomic mass is 32.1. The number of ether oxygens (including phenoxy) is 3. The summed E-state index contributed by atoms with van der Waals surface area (Å²) < 4.78 is 15.8. The van der Waals surface area contributed by atoms with Gasteiger partial charge in [0.15, 0.2) is 16.6 Å². The second kappa shape index (κ2) is 9.80. The molecular weight excluding hydrogens is 446 g/mol. The van der Waals surface area contributed by atoms with E-state index < -0.39 is 0 Å². The van der Waals surface area contributed by atoms with Gasteiger partial charge in [-0.25, -0.2) is 9.97 Å². The van der Waals surface area contributed by atoms with Crippen molar-refractivity contribution in [2.75, 3.05) is 26.6 Å². The summed E-state index contributed by atoms with van der Waals surface area (Å²) >= 11 is 2.87. The predicted molar refractivity (Wildman–Crippen MR) is 127 cm³/mol. The fraction of sp³-hybridized carbons (Fsp3) is 0.174. The number of nitrogens with zero attached hydrogens (tertiary/aromatic N) is 2. The van der Waals surface area contributed by atoms with Crippen LogP contribution < -0.4 is 19.5 Å². The van der Waals surface area contributed by atoms with Gasteiger partial charge < -0.3 is 19.5 Å². The van der Waals surface area contributed by atoms with Crippen molar-refractivity contribution in [1.29, 1.82) is 0 Å². The second-order valence-corrected chi connectivity index (χ2v) is 8.42. The number of hydrogen-bond acceptors (Lipinski definition) is 8. The van der Waals surface area contributed by atoms with E-state index in [1.165, 1.54) is 22.7 Å². The second-order valence-electron chi connectivity index (χ2n) is 6.71. The minimum atomic E-state index is -0.162. The van der Waals surface area contributed by atoms with Crippen LogP contribution in [-0.2, 0) is 11.2 Å². The molecule has 0 radical (unpaired) electrons. The molecule has 0 spiro atoms. The Morgan fingerprint density at radius 3 is 2.34 bits per heavy atom. The van der Waals surface area contributed by atoms with Gasteiger partial charge in [0, 0.05) is 21.9 Å². The van der Waals surface area contributed by atoms with E-state index >= 15 is 0 Å². The van der Waals surface area contributed by atoms with Crippen molar-refractivity contribution >= 4 is 33.7 Å². The lowest BCUT2D eigenvalue weighted by Crippen LogP contribution is -2.14. The van der Waals surface area contributed by atoms with Crippen molar-refractivity contribution in [3.05, 3.63) is 58.9 Å². The average Bonchev–Trinajstić information content (AvgIpc) is 3.48. The predicted octanol–water partition coefficient (Wildman–Crippen LogP) is 5.14. The van der Waals surface area contributed by atoms with Crippen LogP contribution >= 0.6 is 22.7 Å². The summed E-state index contributed by atoms with van der Waals surface area (Å²) in [6.45, 7) is 0. The topological polar surface area (TPSA) is 82.6 Å². The minimum absolute atomic E-state index is 0.162. The third kappa shape index (κ3) is 4.90. The molecule has 0 bridgehead atoms. The third-order valence-corrected chi connectivity index (χ3v) is 6.36. The lowest BCUT2D eigenvalue weighted by Gasteiger charge is -2.08. The molecule has 2 aromatic heterocycles. The number of hydrogen-bond donors (Lipinski definition) is 1. The number of carbonyl (C=O) groups excluding carboxylic acids is 1. The van der Waals surface area contributed by atoms with E-state index in [0.717, 1.165) is 33.3 Å². The Hall–Kier alpha value is -3.43. The van der Waals surface area contributed by atoms with Crippen molar-refractivity contribution in [3.8, 4) is 39.1 Å². The zero-order valence-corrected chi connectivity index (χ0v) is 19.4. The number of benzene rings is 2. The van der Waals surface area contributed by atoms with Gasteiger partial charge in [-0.15, -0.1) is 22.7 Å². The van der Waals surface area contributed by atoms with Crippen LogP contribution in [-0.4, -0.2) is 37.2 Å². The number of carbonyl (C=O) groups is 1. The van der Waals surface area contributed by atoms with Gasteiger partial charge in [0.2, 0.25) is 5.91 Å². The van der Waals surface area contributed by atoms with Gasteiger partial charge in [-0.2, -0.15) is 0 Å². The molecule has 2 aromatic carbocycles. The first-order valence-electron chi connectivity index (χ1n) is 9.66. The zero-order valence-electron chi connectivity index (χ0n) is 17.7. The minimum Gasteiger partial charge on any atom is -0.497 e. The third-order valence-electron chi connectivity index (χ3n) is 4.66. The van der Waals surface area contributed by atoms with Gasteiger partial charge in [-0.05, 0) is 42.5 Å². The lowest BCUT2D eigenvalue weighted by atomic mass is 10.1. The Bertz CT molecular complexity index is 1220. The molecule has 1 amide bonds. The van der Waals surface area contributed by atoms with E-state index in [9.17, 15) is 4.79 Å². The Morgan fingerprint density at radius 2 is 1.62 bits per heavy atom. The molecule has 0 atom stereocenters. The fourth-order valence-electron chi connectivity index (χ4n) is 3.04. The Kier molecular flexibility index (Phi) is 6.67. The number of rotatable bonds is 8. The normalized spacial score (nSPS) is 10.6. The maximum absolute atomic E-state index is 12.5. The summed E-state index contributed by atoms with van der Waals surface area (Å²) in [4.78, 5) is 21.6. The van der Waals surface area contributed by atoms with Gasteiger partial charge in [0.1, 0.15) is 10.8 Å². The highest BCUT2D eigenvalue weighted by Gasteiger charge is 2.13. The van der Waals surface area contributed by atoms with Gasteiger partial charge in [-0.1, -0.05) is 0 Å². The van der Waals surface area contributed by atoms with E-state index in [2.05, 4.69) is 15.3 Å². The summed E-state index contributed by atoms with van der Waals surface area (Å²) in [6, 6.07) is 13.3. The van der Waals surface area contributed by atoms with Crippen LogP contribution in [0.5, 0.6) is 17.2 Å². The molecule has 9 heteroatoms. The van der Waals surface area contributed by atoms with Crippen LogP contribution in [0.3, 0.4) is 0 Å². The van der Waals surface area contributed by atoms with E-state index in [0.29, 0.717) is 16.6 Å². The first-order chi connectivity index (χ1) is 15.6. The maximum Gasteiger partial charge on any atom is 0.232 e. The van der Waals surface area contributed by atoms with Crippen molar-refractivity contribution in [2.24, 2.45) is 0 Å². The monoisotopic (exact) mass is 467 g/mol. The SMILES string of the molecule is COc1ccc(-c2nc(CC(=O)Nc3nc(-c4ccc(OC)c(OC)c4)cs3)cs2)cc1. The maximum atomic E-state index is 12.5. The summed E-state index contributed by atoms with van der Waals surface area (Å²) in [7, 11) is 4.82. The molecular formula is C23H21N3O4S2. The molecule has 0 saturated carbocycles. The first-order valence-corrected chi connectivity index (χ1v) is 11.4. The van der Waals surface area contributed by atoms with E-state index in [4.69, 9.17) is 14.2 Å². The highest BCUT2D eigenvalue weighted by molar-refractivity contribution is 7.14. The standard InChI is InChI=1S/C23H21N3O4S2/c1-28-17-7-4-14(5-8-17)22-24-16(12-31-22)11-21(27)26-23-25-18(13-32-23)15-6-9-19(29-2)20(10-15)30-3/h4-10,12-13H,11H2,1-3H3,(H,25,26,27). The molecule has 0 aliphatic carbocycles. The quantitative estimate of drug-likeness (QED) is 0.386. The summed E-state index contributed by atoms with van der Waals surface area (Å²) in [5.41, 5.74) is 3.33. The van der Waals surface area contributed by atoms with E-state index in [1.807, 2.05) is 53.2 Å². The fourth-order valence-corrected chi connectivity index (χ4v) is 4.60. The molecule has 4 aromatic rings. The number of methoxy groups -OCH3 is 3. The van der Waals surface area contributed by atoms with Crippen molar-refractivity contribution in [3.63, 3.8) is 0 Å². The number of aromatic nitrogens is 2. The van der Waals surface area contributed by atoms with Gasteiger partial charge in [-0.3, -0.25) is 4.79 Å². The number of thiazole rings is 2.